The molecule has 1 aliphatic heterocycles. The van der Waals surface area contributed by atoms with E-state index < -0.39 is 5.60 Å². The average Bonchev–Trinajstić information content (AvgIpc) is 3.59. The lowest BCUT2D eigenvalue weighted by Crippen LogP contribution is -2.33. The van der Waals surface area contributed by atoms with Crippen LogP contribution in [0.3, 0.4) is 0 Å². The minimum atomic E-state index is -0.529. The second-order valence-electron chi connectivity index (χ2n) is 12.4. The van der Waals surface area contributed by atoms with E-state index in [1.807, 2.05) is 49.8 Å². The molecule has 3 aromatic heterocycles. The van der Waals surface area contributed by atoms with Crippen LogP contribution < -0.4 is 10.9 Å². The fourth-order valence-electron chi connectivity index (χ4n) is 5.70. The van der Waals surface area contributed by atoms with E-state index in [0.717, 1.165) is 22.3 Å². The lowest BCUT2D eigenvalue weighted by Gasteiger charge is -2.24. The third-order valence-electron chi connectivity index (χ3n) is 7.94. The van der Waals surface area contributed by atoms with Gasteiger partial charge in [0.1, 0.15) is 17.7 Å². The maximum atomic E-state index is 12.7. The predicted molar refractivity (Wildman–Crippen MR) is 169 cm³/mol. The average molecular weight is 592 g/mol. The molecular weight excluding hydrogens is 554 g/mol. The van der Waals surface area contributed by atoms with Gasteiger partial charge in [-0.15, -0.1) is 0 Å². The standard InChI is InChI=1S/C34H37N7O3/c1-22-14-26-18-40(33(43)44-34(3,4)5)19-28(26)23(2)27(22)15-35-31-29-20-41(38-32(29)37-21-36-31)17-25-11-9-24(10-12-25)16-39-13-7-6-8-30(39)42/h6-14,20-21H,15-19H2,1-5H3,(H,35,36,37,38). The Bertz CT molecular complexity index is 1900. The molecule has 226 valence electrons. The summed E-state index contributed by atoms with van der Waals surface area (Å²) in [6.45, 7) is 12.7. The summed E-state index contributed by atoms with van der Waals surface area (Å²) in [6.07, 6.45) is 5.01. The number of hydrogen-bond acceptors (Lipinski definition) is 7. The van der Waals surface area contributed by atoms with Crippen molar-refractivity contribution in [3.8, 4) is 0 Å². The number of aromatic nitrogens is 5. The van der Waals surface area contributed by atoms with Crippen LogP contribution in [0.25, 0.3) is 11.0 Å². The zero-order valence-electron chi connectivity index (χ0n) is 25.8. The number of anilines is 1. The van der Waals surface area contributed by atoms with Crippen LogP contribution in [0.2, 0.25) is 0 Å². The summed E-state index contributed by atoms with van der Waals surface area (Å²) >= 11 is 0. The molecule has 0 spiro atoms. The molecule has 6 rings (SSSR count). The molecule has 1 aliphatic rings. The molecule has 0 aliphatic carbocycles. The van der Waals surface area contributed by atoms with Gasteiger partial charge in [0.15, 0.2) is 5.65 Å². The molecule has 0 saturated carbocycles. The minimum absolute atomic E-state index is 0.0170. The van der Waals surface area contributed by atoms with Gasteiger partial charge in [0.2, 0.25) is 0 Å². The lowest BCUT2D eigenvalue weighted by atomic mass is 9.94. The Kier molecular flexibility index (Phi) is 7.67. The van der Waals surface area contributed by atoms with E-state index >= 15 is 0 Å². The first-order valence-electron chi connectivity index (χ1n) is 14.8. The zero-order valence-corrected chi connectivity index (χ0v) is 25.8. The highest BCUT2D eigenvalue weighted by Crippen LogP contribution is 2.32. The van der Waals surface area contributed by atoms with E-state index in [2.05, 4.69) is 52.4 Å². The van der Waals surface area contributed by atoms with Gasteiger partial charge in [-0.05, 0) is 79.6 Å². The smallest absolute Gasteiger partial charge is 0.410 e. The van der Waals surface area contributed by atoms with E-state index in [9.17, 15) is 9.59 Å². The van der Waals surface area contributed by atoms with Crippen LogP contribution in [0.5, 0.6) is 0 Å². The molecule has 0 atom stereocenters. The monoisotopic (exact) mass is 591 g/mol. The molecular formula is C34H37N7O3. The lowest BCUT2D eigenvalue weighted by molar-refractivity contribution is 0.0241. The van der Waals surface area contributed by atoms with Crippen LogP contribution in [0.15, 0.2) is 72.0 Å². The number of benzene rings is 2. The van der Waals surface area contributed by atoms with Gasteiger partial charge in [-0.1, -0.05) is 36.4 Å². The molecule has 44 heavy (non-hydrogen) atoms. The normalized spacial score (nSPS) is 12.9. The number of nitrogens with one attached hydrogen (secondary N) is 1. The van der Waals surface area contributed by atoms with Crippen LogP contribution in [0, 0.1) is 13.8 Å². The Balaban J connectivity index is 1.15. The Morgan fingerprint density at radius 3 is 2.48 bits per heavy atom. The summed E-state index contributed by atoms with van der Waals surface area (Å²) in [4.78, 5) is 35.4. The fourth-order valence-corrected chi connectivity index (χ4v) is 5.70. The molecule has 10 nitrogen and oxygen atoms in total. The molecule has 1 amide bonds. The van der Waals surface area contributed by atoms with Gasteiger partial charge in [-0.2, -0.15) is 5.10 Å². The van der Waals surface area contributed by atoms with Crippen molar-refractivity contribution in [2.75, 3.05) is 5.32 Å². The fraction of sp³-hybridized carbons (Fsp3) is 0.324. The minimum Gasteiger partial charge on any atom is -0.444 e. The number of carbonyl (C=O) groups excluding carboxylic acids is 1. The Hall–Kier alpha value is -4.99. The Morgan fingerprint density at radius 2 is 1.75 bits per heavy atom. The summed E-state index contributed by atoms with van der Waals surface area (Å²) in [6, 6.07) is 15.6. The van der Waals surface area contributed by atoms with Gasteiger partial charge in [0.05, 0.1) is 18.5 Å². The highest BCUT2D eigenvalue weighted by atomic mass is 16.6. The first kappa shape index (κ1) is 29.1. The molecule has 2 aromatic carbocycles. The molecule has 0 unspecified atom stereocenters. The number of nitrogens with zero attached hydrogens (tertiary/aromatic N) is 6. The zero-order chi connectivity index (χ0) is 31.0. The molecule has 0 fully saturated rings. The van der Waals surface area contributed by atoms with Crippen molar-refractivity contribution < 1.29 is 9.53 Å². The maximum absolute atomic E-state index is 12.7. The third kappa shape index (κ3) is 6.20. The van der Waals surface area contributed by atoms with Crippen LogP contribution >= 0.6 is 0 Å². The summed E-state index contributed by atoms with van der Waals surface area (Å²) in [5.41, 5.74) is 8.11. The first-order chi connectivity index (χ1) is 21.0. The number of rotatable bonds is 7. The SMILES string of the molecule is Cc1cc2c(c(C)c1CNc1ncnc3nn(Cc4ccc(Cn5ccccc5=O)cc4)cc13)CN(C(=O)OC(C)(C)C)C2. The van der Waals surface area contributed by atoms with Crippen molar-refractivity contribution in [1.82, 2.24) is 29.2 Å². The molecule has 5 aromatic rings. The van der Waals surface area contributed by atoms with E-state index in [4.69, 9.17) is 4.74 Å². The van der Waals surface area contributed by atoms with E-state index in [1.54, 1.807) is 27.8 Å². The van der Waals surface area contributed by atoms with Gasteiger partial charge in [0, 0.05) is 38.1 Å². The van der Waals surface area contributed by atoms with Crippen molar-refractivity contribution in [2.45, 2.75) is 72.9 Å². The molecule has 0 bridgehead atoms. The van der Waals surface area contributed by atoms with Crippen molar-refractivity contribution in [2.24, 2.45) is 0 Å². The van der Waals surface area contributed by atoms with E-state index in [-0.39, 0.29) is 11.7 Å². The molecule has 0 saturated heterocycles. The van der Waals surface area contributed by atoms with Gasteiger partial charge in [-0.3, -0.25) is 14.4 Å². The highest BCUT2D eigenvalue weighted by molar-refractivity contribution is 5.85. The second-order valence-corrected chi connectivity index (χ2v) is 12.4. The predicted octanol–water partition coefficient (Wildman–Crippen LogP) is 5.56. The first-order valence-corrected chi connectivity index (χ1v) is 14.8. The van der Waals surface area contributed by atoms with Crippen molar-refractivity contribution in [1.29, 1.82) is 0 Å². The Labute approximate surface area is 256 Å². The van der Waals surface area contributed by atoms with E-state index in [1.165, 1.54) is 34.1 Å². The van der Waals surface area contributed by atoms with Crippen LogP contribution in [-0.2, 0) is 37.5 Å². The molecule has 10 heteroatoms. The topological polar surface area (TPSA) is 107 Å². The molecule has 1 N–H and O–H groups in total. The number of pyridine rings is 1. The number of hydrogen-bond donors (Lipinski definition) is 1. The van der Waals surface area contributed by atoms with Crippen LogP contribution in [-0.4, -0.2) is 40.9 Å². The van der Waals surface area contributed by atoms with Gasteiger partial charge < -0.3 is 14.6 Å². The van der Waals surface area contributed by atoms with Gasteiger partial charge in [0.25, 0.3) is 5.56 Å². The number of amides is 1. The summed E-state index contributed by atoms with van der Waals surface area (Å²) in [7, 11) is 0. The summed E-state index contributed by atoms with van der Waals surface area (Å²) < 4.78 is 9.17. The number of ether oxygens (including phenoxy) is 1. The Morgan fingerprint density at radius 1 is 1.00 bits per heavy atom. The van der Waals surface area contributed by atoms with Crippen molar-refractivity contribution in [3.05, 3.63) is 117 Å². The second kappa shape index (κ2) is 11.6. The van der Waals surface area contributed by atoms with Crippen molar-refractivity contribution >= 4 is 22.9 Å². The number of carbonyl (C=O) groups is 1. The van der Waals surface area contributed by atoms with Gasteiger partial charge in [-0.25, -0.2) is 14.8 Å². The largest absolute Gasteiger partial charge is 0.444 e. The number of aryl methyl sites for hydroxylation is 1. The molecule has 4 heterocycles. The highest BCUT2D eigenvalue weighted by Gasteiger charge is 2.30. The molecule has 0 radical (unpaired) electrons. The summed E-state index contributed by atoms with van der Waals surface area (Å²) in [5.74, 6) is 0.722. The van der Waals surface area contributed by atoms with E-state index in [0.29, 0.717) is 38.4 Å². The van der Waals surface area contributed by atoms with Crippen LogP contribution in [0.4, 0.5) is 10.6 Å². The maximum Gasteiger partial charge on any atom is 0.410 e. The summed E-state index contributed by atoms with van der Waals surface area (Å²) in [5, 5.41) is 9.05. The van der Waals surface area contributed by atoms with Gasteiger partial charge >= 0.3 is 6.09 Å². The van der Waals surface area contributed by atoms with Crippen LogP contribution in [0.1, 0.15) is 59.7 Å². The number of fused-ring (bicyclic) bond motifs is 2. The third-order valence-corrected chi connectivity index (χ3v) is 7.94. The van der Waals surface area contributed by atoms with Crippen molar-refractivity contribution in [3.63, 3.8) is 0 Å². The quantitative estimate of drug-likeness (QED) is 0.264.